The molecule has 1 rings (SSSR count). The standard InChI is InChI=1S/C18H36N4O3.HI/c1-4-24-13-8-12-20-18(21-15-17(23)22(2)3)19-11-7-10-16-9-5-6-14-25-16;/h16H,4-15H2,1-3H3,(H2,19,20,21);1H. The number of hydrogen-bond acceptors (Lipinski definition) is 4. The number of nitrogens with zero attached hydrogens (tertiary/aromatic N) is 2. The molecule has 0 saturated carbocycles. The smallest absolute Gasteiger partial charge is 0.243 e. The molecule has 0 bridgehead atoms. The number of aliphatic imine (C=N–C) groups is 1. The fourth-order valence-corrected chi connectivity index (χ4v) is 2.56. The molecule has 1 fully saturated rings. The number of hydrogen-bond donors (Lipinski definition) is 2. The van der Waals surface area contributed by atoms with Crippen LogP contribution in [0.15, 0.2) is 4.99 Å². The number of rotatable bonds is 11. The van der Waals surface area contributed by atoms with Crippen molar-refractivity contribution >= 4 is 35.8 Å². The van der Waals surface area contributed by atoms with E-state index in [4.69, 9.17) is 9.47 Å². The molecule has 2 N–H and O–H groups in total. The number of nitrogens with one attached hydrogen (secondary N) is 2. The Morgan fingerprint density at radius 3 is 2.58 bits per heavy atom. The lowest BCUT2D eigenvalue weighted by molar-refractivity contribution is -0.127. The third kappa shape index (κ3) is 12.7. The molecule has 0 spiro atoms. The van der Waals surface area contributed by atoms with E-state index >= 15 is 0 Å². The lowest BCUT2D eigenvalue weighted by Gasteiger charge is -2.22. The number of halogens is 1. The summed E-state index contributed by atoms with van der Waals surface area (Å²) in [6, 6.07) is 0. The zero-order chi connectivity index (χ0) is 18.3. The molecule has 0 aromatic rings. The first-order valence-corrected chi connectivity index (χ1v) is 9.55. The van der Waals surface area contributed by atoms with Gasteiger partial charge in [0.2, 0.25) is 5.91 Å². The van der Waals surface area contributed by atoms with Crippen molar-refractivity contribution in [3.63, 3.8) is 0 Å². The second-order valence-electron chi connectivity index (χ2n) is 6.49. The average Bonchev–Trinajstić information content (AvgIpc) is 2.62. The quantitative estimate of drug-likeness (QED) is 0.203. The summed E-state index contributed by atoms with van der Waals surface area (Å²) in [6.07, 6.45) is 7.06. The average molecular weight is 484 g/mol. The Balaban J connectivity index is 0.00000625. The van der Waals surface area contributed by atoms with Crippen LogP contribution in [-0.2, 0) is 14.3 Å². The van der Waals surface area contributed by atoms with E-state index in [1.165, 1.54) is 19.3 Å². The fraction of sp³-hybridized carbons (Fsp3) is 0.889. The molecular weight excluding hydrogens is 447 g/mol. The van der Waals surface area contributed by atoms with Gasteiger partial charge in [0, 0.05) is 47.0 Å². The SMILES string of the molecule is CCOCCCNC(=NCC(=O)N(C)C)NCCCC1CCCCO1.I. The molecule has 8 heteroatoms. The highest BCUT2D eigenvalue weighted by Gasteiger charge is 2.13. The van der Waals surface area contributed by atoms with Crippen LogP contribution in [0.3, 0.4) is 0 Å². The van der Waals surface area contributed by atoms with Gasteiger partial charge in [0.1, 0.15) is 6.54 Å². The maximum atomic E-state index is 11.7. The zero-order valence-electron chi connectivity index (χ0n) is 16.6. The molecule has 0 radical (unpaired) electrons. The van der Waals surface area contributed by atoms with Gasteiger partial charge in [0.15, 0.2) is 5.96 Å². The number of carbonyl (C=O) groups excluding carboxylic acids is 1. The molecule has 26 heavy (non-hydrogen) atoms. The second kappa shape index (κ2) is 16.6. The van der Waals surface area contributed by atoms with Crippen LogP contribution in [0.25, 0.3) is 0 Å². The normalized spacial score (nSPS) is 17.3. The molecule has 7 nitrogen and oxygen atoms in total. The lowest BCUT2D eigenvalue weighted by Crippen LogP contribution is -2.40. The second-order valence-corrected chi connectivity index (χ2v) is 6.49. The molecule has 1 saturated heterocycles. The summed E-state index contributed by atoms with van der Waals surface area (Å²) in [5, 5.41) is 6.58. The van der Waals surface area contributed by atoms with Gasteiger partial charge in [-0.05, 0) is 45.4 Å². The monoisotopic (exact) mass is 484 g/mol. The van der Waals surface area contributed by atoms with Crippen LogP contribution >= 0.6 is 24.0 Å². The van der Waals surface area contributed by atoms with Gasteiger partial charge < -0.3 is 25.0 Å². The van der Waals surface area contributed by atoms with Gasteiger partial charge >= 0.3 is 0 Å². The van der Waals surface area contributed by atoms with Gasteiger partial charge in [-0.1, -0.05) is 0 Å². The summed E-state index contributed by atoms with van der Waals surface area (Å²) in [5.74, 6) is 0.683. The number of likely N-dealkylation sites (N-methyl/N-ethyl adjacent to an activating group) is 1. The van der Waals surface area contributed by atoms with E-state index in [0.29, 0.717) is 12.1 Å². The van der Waals surface area contributed by atoms with Gasteiger partial charge in [0.25, 0.3) is 0 Å². The number of carbonyl (C=O) groups is 1. The first-order chi connectivity index (χ1) is 12.1. The molecule has 1 amide bonds. The maximum Gasteiger partial charge on any atom is 0.243 e. The molecule has 1 aliphatic heterocycles. The van der Waals surface area contributed by atoms with Crippen molar-refractivity contribution < 1.29 is 14.3 Å². The van der Waals surface area contributed by atoms with Gasteiger partial charge in [-0.25, -0.2) is 4.99 Å². The molecule has 1 unspecified atom stereocenters. The van der Waals surface area contributed by atoms with Crippen LogP contribution < -0.4 is 10.6 Å². The van der Waals surface area contributed by atoms with E-state index in [1.807, 2.05) is 6.92 Å². The topological polar surface area (TPSA) is 75.2 Å². The van der Waals surface area contributed by atoms with Crippen LogP contribution in [0.5, 0.6) is 0 Å². The van der Waals surface area contributed by atoms with Crippen molar-refractivity contribution in [1.29, 1.82) is 0 Å². The van der Waals surface area contributed by atoms with Gasteiger partial charge in [-0.3, -0.25) is 4.79 Å². The minimum Gasteiger partial charge on any atom is -0.382 e. The van der Waals surface area contributed by atoms with E-state index in [2.05, 4.69) is 15.6 Å². The van der Waals surface area contributed by atoms with Crippen LogP contribution in [0.1, 0.15) is 45.4 Å². The maximum absolute atomic E-state index is 11.7. The Hall–Kier alpha value is -0.610. The van der Waals surface area contributed by atoms with E-state index in [-0.39, 0.29) is 36.4 Å². The molecule has 1 aliphatic rings. The number of ether oxygens (including phenoxy) is 2. The van der Waals surface area contributed by atoms with E-state index in [1.54, 1.807) is 19.0 Å². The summed E-state index contributed by atoms with van der Waals surface area (Å²) in [5.41, 5.74) is 0. The van der Waals surface area contributed by atoms with Crippen LogP contribution in [0.2, 0.25) is 0 Å². The molecule has 154 valence electrons. The molecule has 0 aromatic carbocycles. The Labute approximate surface area is 175 Å². The van der Waals surface area contributed by atoms with E-state index in [0.717, 1.165) is 52.2 Å². The minimum absolute atomic E-state index is 0. The largest absolute Gasteiger partial charge is 0.382 e. The summed E-state index contributed by atoms with van der Waals surface area (Å²) < 4.78 is 11.1. The Kier molecular flexibility index (Phi) is 16.2. The van der Waals surface area contributed by atoms with E-state index < -0.39 is 0 Å². The fourth-order valence-electron chi connectivity index (χ4n) is 2.56. The lowest BCUT2D eigenvalue weighted by atomic mass is 10.0. The Bertz CT molecular complexity index is 389. The number of guanidine groups is 1. The van der Waals surface area contributed by atoms with Crippen LogP contribution in [-0.4, -0.2) is 76.4 Å². The van der Waals surface area contributed by atoms with Crippen molar-refractivity contribution in [2.45, 2.75) is 51.6 Å². The minimum atomic E-state index is -0.00831. The number of amides is 1. The van der Waals surface area contributed by atoms with Gasteiger partial charge in [-0.15, -0.1) is 24.0 Å². The van der Waals surface area contributed by atoms with E-state index in [9.17, 15) is 4.79 Å². The zero-order valence-corrected chi connectivity index (χ0v) is 18.9. The predicted octanol–water partition coefficient (Wildman–Crippen LogP) is 2.00. The molecule has 0 aliphatic carbocycles. The first-order valence-electron chi connectivity index (χ1n) is 9.55. The molecule has 1 atom stereocenters. The molecule has 1 heterocycles. The summed E-state index contributed by atoms with van der Waals surface area (Å²) in [7, 11) is 3.48. The summed E-state index contributed by atoms with van der Waals surface area (Å²) in [6.45, 7) is 6.11. The van der Waals surface area contributed by atoms with Crippen LogP contribution in [0, 0.1) is 0 Å². The van der Waals surface area contributed by atoms with Crippen molar-refractivity contribution in [2.24, 2.45) is 4.99 Å². The summed E-state index contributed by atoms with van der Waals surface area (Å²) >= 11 is 0. The highest BCUT2D eigenvalue weighted by atomic mass is 127. The summed E-state index contributed by atoms with van der Waals surface area (Å²) in [4.78, 5) is 17.7. The highest BCUT2D eigenvalue weighted by Crippen LogP contribution is 2.16. The highest BCUT2D eigenvalue weighted by molar-refractivity contribution is 14.0. The molecular formula is C18H37IN4O3. The first kappa shape index (κ1) is 25.4. The Morgan fingerprint density at radius 1 is 1.23 bits per heavy atom. The van der Waals surface area contributed by atoms with Crippen molar-refractivity contribution in [1.82, 2.24) is 15.5 Å². The van der Waals surface area contributed by atoms with Gasteiger partial charge in [-0.2, -0.15) is 0 Å². The predicted molar refractivity (Wildman–Crippen MR) is 116 cm³/mol. The van der Waals surface area contributed by atoms with Gasteiger partial charge in [0.05, 0.1) is 6.10 Å². The van der Waals surface area contributed by atoms with Crippen LogP contribution in [0.4, 0.5) is 0 Å². The van der Waals surface area contributed by atoms with Crippen molar-refractivity contribution in [2.75, 3.05) is 53.6 Å². The van der Waals surface area contributed by atoms with Crippen molar-refractivity contribution in [3.8, 4) is 0 Å². The third-order valence-electron chi connectivity index (χ3n) is 4.10. The Morgan fingerprint density at radius 2 is 1.96 bits per heavy atom. The van der Waals surface area contributed by atoms with Crippen molar-refractivity contribution in [3.05, 3.63) is 0 Å². The molecule has 0 aromatic heterocycles. The third-order valence-corrected chi connectivity index (χ3v) is 4.10.